The SMILES string of the molecule is c1ccc2c(c1)nc1n(-c3cccc4oc5ccc(-n6c7ccccc7c7ccccc76)cc5c34)c3ccc(-n4c5ccccc5c5ccccc54)cc3n21. The molecule has 0 unspecified atom stereocenters. The summed E-state index contributed by atoms with van der Waals surface area (Å²) in [7, 11) is 0. The van der Waals surface area contributed by atoms with Crippen LogP contribution < -0.4 is 0 Å². The van der Waals surface area contributed by atoms with E-state index < -0.39 is 0 Å². The zero-order chi connectivity index (χ0) is 35.8. The molecular weight excluding hydrogens is 675 g/mol. The fraction of sp³-hybridized carbons (Fsp3) is 0. The first-order valence-corrected chi connectivity index (χ1v) is 18.6. The van der Waals surface area contributed by atoms with Gasteiger partial charge < -0.3 is 13.6 Å². The molecule has 0 atom stereocenters. The molecule has 256 valence electrons. The molecule has 0 saturated heterocycles. The molecule has 0 aliphatic carbocycles. The molecule has 8 aromatic carbocycles. The molecule has 0 amide bonds. The topological polar surface area (TPSA) is 45.2 Å². The van der Waals surface area contributed by atoms with Crippen molar-refractivity contribution in [3.05, 3.63) is 176 Å². The quantitative estimate of drug-likeness (QED) is 0.184. The largest absolute Gasteiger partial charge is 0.456 e. The lowest BCUT2D eigenvalue weighted by Crippen LogP contribution is -1.97. The highest BCUT2D eigenvalue weighted by Crippen LogP contribution is 2.41. The van der Waals surface area contributed by atoms with Gasteiger partial charge in [0.25, 0.3) is 0 Å². The van der Waals surface area contributed by atoms with Gasteiger partial charge in [-0.2, -0.15) is 0 Å². The van der Waals surface area contributed by atoms with Gasteiger partial charge in [0.2, 0.25) is 5.78 Å². The molecule has 0 bridgehead atoms. The second-order valence-electron chi connectivity index (χ2n) is 14.4. The number of aromatic nitrogens is 5. The van der Waals surface area contributed by atoms with E-state index in [1.807, 2.05) is 0 Å². The van der Waals surface area contributed by atoms with E-state index in [2.05, 4.69) is 194 Å². The molecule has 0 fully saturated rings. The molecule has 0 aliphatic rings. The lowest BCUT2D eigenvalue weighted by Gasteiger charge is -2.11. The highest BCUT2D eigenvalue weighted by molar-refractivity contribution is 6.13. The molecule has 5 heterocycles. The minimum Gasteiger partial charge on any atom is -0.456 e. The number of rotatable bonds is 3. The van der Waals surface area contributed by atoms with Gasteiger partial charge in [0.1, 0.15) is 11.2 Å². The molecule has 13 rings (SSSR count). The first kappa shape index (κ1) is 28.9. The third-order valence-electron chi connectivity index (χ3n) is 11.6. The molecule has 6 nitrogen and oxygen atoms in total. The number of hydrogen-bond donors (Lipinski definition) is 0. The molecule has 6 heteroatoms. The maximum Gasteiger partial charge on any atom is 0.220 e. The number of para-hydroxylation sites is 6. The van der Waals surface area contributed by atoms with Crippen LogP contribution in [-0.4, -0.2) is 23.1 Å². The summed E-state index contributed by atoms with van der Waals surface area (Å²) >= 11 is 0. The Bertz CT molecular complexity index is 3630. The van der Waals surface area contributed by atoms with Gasteiger partial charge in [-0.3, -0.25) is 8.97 Å². The molecule has 0 saturated carbocycles. The van der Waals surface area contributed by atoms with Crippen molar-refractivity contribution in [3.63, 3.8) is 0 Å². The van der Waals surface area contributed by atoms with E-state index >= 15 is 0 Å². The summed E-state index contributed by atoms with van der Waals surface area (Å²) in [6.07, 6.45) is 0. The van der Waals surface area contributed by atoms with Crippen LogP contribution in [0.3, 0.4) is 0 Å². The first-order valence-electron chi connectivity index (χ1n) is 18.6. The van der Waals surface area contributed by atoms with Crippen molar-refractivity contribution >= 4 is 93.4 Å². The van der Waals surface area contributed by atoms with Gasteiger partial charge in [-0.25, -0.2) is 4.98 Å². The van der Waals surface area contributed by atoms with Crippen LogP contribution >= 0.6 is 0 Å². The van der Waals surface area contributed by atoms with Crippen molar-refractivity contribution in [3.8, 4) is 17.1 Å². The maximum atomic E-state index is 6.62. The second-order valence-corrected chi connectivity index (χ2v) is 14.4. The van der Waals surface area contributed by atoms with Gasteiger partial charge in [0.05, 0.1) is 55.2 Å². The summed E-state index contributed by atoms with van der Waals surface area (Å²) in [5.41, 5.74) is 13.8. The maximum absolute atomic E-state index is 6.62. The van der Waals surface area contributed by atoms with E-state index in [9.17, 15) is 0 Å². The average Bonchev–Trinajstić information content (AvgIpc) is 4.03. The van der Waals surface area contributed by atoms with Gasteiger partial charge in [0.15, 0.2) is 0 Å². The fourth-order valence-corrected chi connectivity index (χ4v) is 9.29. The van der Waals surface area contributed by atoms with Crippen LogP contribution in [0.25, 0.3) is 110 Å². The van der Waals surface area contributed by atoms with Crippen molar-refractivity contribution in [1.29, 1.82) is 0 Å². The molecule has 55 heavy (non-hydrogen) atoms. The molecular formula is C49H29N5O. The Morgan fingerprint density at radius 2 is 0.909 bits per heavy atom. The molecule has 0 aliphatic heterocycles. The minimum absolute atomic E-state index is 0.838. The van der Waals surface area contributed by atoms with Gasteiger partial charge in [-0.1, -0.05) is 91.0 Å². The Kier molecular flexibility index (Phi) is 5.54. The zero-order valence-corrected chi connectivity index (χ0v) is 29.4. The third kappa shape index (κ3) is 3.79. The number of benzene rings is 8. The first-order chi connectivity index (χ1) is 27.3. The predicted molar refractivity (Wildman–Crippen MR) is 225 cm³/mol. The van der Waals surface area contributed by atoms with Crippen molar-refractivity contribution in [1.82, 2.24) is 23.1 Å². The number of imidazole rings is 2. The summed E-state index contributed by atoms with van der Waals surface area (Å²) in [5.74, 6) is 0.857. The van der Waals surface area contributed by atoms with Crippen molar-refractivity contribution in [2.75, 3.05) is 0 Å². The van der Waals surface area contributed by atoms with Crippen molar-refractivity contribution in [2.45, 2.75) is 0 Å². The van der Waals surface area contributed by atoms with E-state index in [4.69, 9.17) is 9.40 Å². The standard InChI is InChI=1S/C49H29N5O/c1-6-17-38-32(12-1)33-13-2-7-18-39(33)51(38)30-25-27-46-36(28-30)48-44(22-11-23-47(48)55-46)54-43-26-24-31(29-45(43)53-42-21-10-5-16-37(42)50-49(53)54)52-40-19-8-3-14-34(40)35-15-4-9-20-41(35)52/h1-29H. The van der Waals surface area contributed by atoms with Gasteiger partial charge in [-0.05, 0) is 84.9 Å². The van der Waals surface area contributed by atoms with Gasteiger partial charge in [0, 0.05) is 38.3 Å². The number of hydrogen-bond acceptors (Lipinski definition) is 2. The fourth-order valence-electron chi connectivity index (χ4n) is 9.29. The number of nitrogens with zero attached hydrogens (tertiary/aromatic N) is 5. The van der Waals surface area contributed by atoms with Crippen LogP contribution in [0.15, 0.2) is 180 Å². The normalized spacial score (nSPS) is 12.4. The van der Waals surface area contributed by atoms with Crippen LogP contribution in [-0.2, 0) is 0 Å². The average molecular weight is 704 g/mol. The molecule has 0 spiro atoms. The summed E-state index contributed by atoms with van der Waals surface area (Å²) in [6, 6.07) is 62.8. The van der Waals surface area contributed by atoms with E-state index in [-0.39, 0.29) is 0 Å². The van der Waals surface area contributed by atoms with E-state index in [0.717, 1.165) is 66.8 Å². The van der Waals surface area contributed by atoms with E-state index in [1.165, 1.54) is 43.6 Å². The van der Waals surface area contributed by atoms with Gasteiger partial charge >= 0.3 is 0 Å². The zero-order valence-electron chi connectivity index (χ0n) is 29.4. The third-order valence-corrected chi connectivity index (χ3v) is 11.6. The Hall–Kier alpha value is -7.57. The Morgan fingerprint density at radius 3 is 1.55 bits per heavy atom. The highest BCUT2D eigenvalue weighted by Gasteiger charge is 2.23. The van der Waals surface area contributed by atoms with Crippen LogP contribution in [0.1, 0.15) is 0 Å². The molecule has 0 N–H and O–H groups in total. The summed E-state index contributed by atoms with van der Waals surface area (Å²) in [5, 5.41) is 7.08. The highest BCUT2D eigenvalue weighted by atomic mass is 16.3. The van der Waals surface area contributed by atoms with Crippen LogP contribution in [0, 0.1) is 0 Å². The summed E-state index contributed by atoms with van der Waals surface area (Å²) in [6.45, 7) is 0. The summed E-state index contributed by atoms with van der Waals surface area (Å²) in [4.78, 5) is 5.30. The van der Waals surface area contributed by atoms with E-state index in [0.29, 0.717) is 0 Å². The van der Waals surface area contributed by atoms with Crippen molar-refractivity contribution < 1.29 is 4.42 Å². The van der Waals surface area contributed by atoms with Crippen LogP contribution in [0.4, 0.5) is 0 Å². The van der Waals surface area contributed by atoms with Crippen molar-refractivity contribution in [2.24, 2.45) is 0 Å². The lowest BCUT2D eigenvalue weighted by molar-refractivity contribution is 0.669. The smallest absolute Gasteiger partial charge is 0.220 e. The van der Waals surface area contributed by atoms with E-state index in [1.54, 1.807) is 0 Å². The Balaban J connectivity index is 1.11. The van der Waals surface area contributed by atoms with Crippen LogP contribution in [0.2, 0.25) is 0 Å². The molecule has 5 aromatic heterocycles. The number of fused-ring (bicyclic) bond motifs is 14. The lowest BCUT2D eigenvalue weighted by atomic mass is 10.1. The molecule has 13 aromatic rings. The Morgan fingerprint density at radius 1 is 0.364 bits per heavy atom. The molecule has 0 radical (unpaired) electrons. The summed E-state index contributed by atoms with van der Waals surface area (Å²) < 4.78 is 16.0. The number of furan rings is 1. The minimum atomic E-state index is 0.838. The predicted octanol–water partition coefficient (Wildman–Crippen LogP) is 12.5. The second kappa shape index (κ2) is 10.5. The Labute approximate surface area is 312 Å². The van der Waals surface area contributed by atoms with Crippen LogP contribution in [0.5, 0.6) is 0 Å². The van der Waals surface area contributed by atoms with Gasteiger partial charge in [-0.15, -0.1) is 0 Å². The monoisotopic (exact) mass is 703 g/mol.